The van der Waals surface area contributed by atoms with E-state index >= 15 is 0 Å². The summed E-state index contributed by atoms with van der Waals surface area (Å²) < 4.78 is 5.64. The van der Waals surface area contributed by atoms with Gasteiger partial charge in [-0.15, -0.1) is 0 Å². The van der Waals surface area contributed by atoms with Crippen LogP contribution in [-0.4, -0.2) is 0 Å². The predicted octanol–water partition coefficient (Wildman–Crippen LogP) is 3.93. The van der Waals surface area contributed by atoms with Crippen LogP contribution in [0, 0.1) is 6.92 Å². The molecule has 1 unspecified atom stereocenters. The van der Waals surface area contributed by atoms with Crippen molar-refractivity contribution < 1.29 is 4.42 Å². The molecule has 16 heavy (non-hydrogen) atoms. The van der Waals surface area contributed by atoms with Crippen LogP contribution >= 0.6 is 11.6 Å². The zero-order valence-electron chi connectivity index (χ0n) is 9.33. The molecule has 0 spiro atoms. The van der Waals surface area contributed by atoms with Crippen LogP contribution in [0.15, 0.2) is 34.7 Å². The minimum absolute atomic E-state index is 0.0883. The molecule has 0 aliphatic heterocycles. The van der Waals surface area contributed by atoms with Crippen LogP contribution in [0.2, 0.25) is 5.02 Å². The topological polar surface area (TPSA) is 39.2 Å². The van der Waals surface area contributed by atoms with Crippen LogP contribution in [0.25, 0.3) is 11.3 Å². The van der Waals surface area contributed by atoms with Gasteiger partial charge < -0.3 is 10.2 Å². The average Bonchev–Trinajstić information content (AvgIpc) is 2.71. The molecule has 1 heterocycles. The monoisotopic (exact) mass is 235 g/mol. The maximum atomic E-state index is 6.07. The zero-order chi connectivity index (χ0) is 11.7. The standard InChI is InChI=1S/C13H14ClNO/c1-8-3-4-10(7-11(8)14)13-6-5-12(16-13)9(2)15/h3-7,9H,15H2,1-2H3. The third kappa shape index (κ3) is 2.13. The first-order valence-electron chi connectivity index (χ1n) is 5.20. The third-order valence-electron chi connectivity index (χ3n) is 2.53. The molecule has 1 aromatic carbocycles. The molecule has 2 nitrogen and oxygen atoms in total. The molecule has 0 saturated heterocycles. The summed E-state index contributed by atoms with van der Waals surface area (Å²) in [6.07, 6.45) is 0. The van der Waals surface area contributed by atoms with Crippen LogP contribution in [0.3, 0.4) is 0 Å². The molecule has 3 heteroatoms. The van der Waals surface area contributed by atoms with Gasteiger partial charge in [0.1, 0.15) is 11.5 Å². The van der Waals surface area contributed by atoms with E-state index in [0.717, 1.165) is 27.7 Å². The van der Waals surface area contributed by atoms with Gasteiger partial charge in [0.25, 0.3) is 0 Å². The highest BCUT2D eigenvalue weighted by Crippen LogP contribution is 2.28. The molecule has 0 aliphatic rings. The number of benzene rings is 1. The summed E-state index contributed by atoms with van der Waals surface area (Å²) in [6.45, 7) is 3.87. The molecule has 0 aliphatic carbocycles. The molecule has 0 saturated carbocycles. The van der Waals surface area contributed by atoms with Crippen molar-refractivity contribution >= 4 is 11.6 Å². The van der Waals surface area contributed by atoms with Crippen molar-refractivity contribution in [3.05, 3.63) is 46.7 Å². The van der Waals surface area contributed by atoms with Crippen molar-refractivity contribution in [1.29, 1.82) is 0 Å². The van der Waals surface area contributed by atoms with E-state index in [2.05, 4.69) is 0 Å². The Morgan fingerprint density at radius 1 is 1.25 bits per heavy atom. The Labute approximate surface area is 100 Å². The number of hydrogen-bond acceptors (Lipinski definition) is 2. The van der Waals surface area contributed by atoms with Crippen LogP contribution < -0.4 is 5.73 Å². The van der Waals surface area contributed by atoms with E-state index in [-0.39, 0.29) is 6.04 Å². The maximum absolute atomic E-state index is 6.07. The van der Waals surface area contributed by atoms with Gasteiger partial charge in [0.05, 0.1) is 6.04 Å². The normalized spacial score (nSPS) is 12.8. The van der Waals surface area contributed by atoms with Crippen LogP contribution in [-0.2, 0) is 0 Å². The van der Waals surface area contributed by atoms with Gasteiger partial charge >= 0.3 is 0 Å². The zero-order valence-corrected chi connectivity index (χ0v) is 10.1. The lowest BCUT2D eigenvalue weighted by molar-refractivity contribution is 0.491. The van der Waals surface area contributed by atoms with E-state index in [4.69, 9.17) is 21.8 Å². The molecule has 0 bridgehead atoms. The number of furan rings is 1. The van der Waals surface area contributed by atoms with Crippen molar-refractivity contribution in [3.63, 3.8) is 0 Å². The van der Waals surface area contributed by atoms with Gasteiger partial charge in [0.2, 0.25) is 0 Å². The van der Waals surface area contributed by atoms with Gasteiger partial charge in [-0.05, 0) is 37.6 Å². The lowest BCUT2D eigenvalue weighted by atomic mass is 10.1. The van der Waals surface area contributed by atoms with Crippen molar-refractivity contribution in [2.75, 3.05) is 0 Å². The SMILES string of the molecule is Cc1ccc(-c2ccc(C(C)N)o2)cc1Cl. The Morgan fingerprint density at radius 3 is 2.56 bits per heavy atom. The van der Waals surface area contributed by atoms with Gasteiger partial charge in [0, 0.05) is 10.6 Å². The Balaban J connectivity index is 2.39. The minimum Gasteiger partial charge on any atom is -0.459 e. The van der Waals surface area contributed by atoms with Gasteiger partial charge in [-0.1, -0.05) is 23.7 Å². The van der Waals surface area contributed by atoms with Crippen LogP contribution in [0.1, 0.15) is 24.3 Å². The first kappa shape index (κ1) is 11.2. The van der Waals surface area contributed by atoms with Gasteiger partial charge in [-0.2, -0.15) is 0 Å². The summed E-state index contributed by atoms with van der Waals surface area (Å²) in [5.41, 5.74) is 7.77. The van der Waals surface area contributed by atoms with Gasteiger partial charge in [-0.25, -0.2) is 0 Å². The Bertz CT molecular complexity index is 502. The second-order valence-electron chi connectivity index (χ2n) is 3.95. The molecule has 2 aromatic rings. The van der Waals surface area contributed by atoms with Crippen molar-refractivity contribution in [3.8, 4) is 11.3 Å². The summed E-state index contributed by atoms with van der Waals surface area (Å²) >= 11 is 6.07. The Hall–Kier alpha value is -1.25. The van der Waals surface area contributed by atoms with Crippen molar-refractivity contribution in [1.82, 2.24) is 0 Å². The molecular formula is C13H14ClNO. The molecule has 2 N–H and O–H groups in total. The third-order valence-corrected chi connectivity index (χ3v) is 2.94. The molecule has 84 valence electrons. The summed E-state index contributed by atoms with van der Waals surface area (Å²) in [4.78, 5) is 0. The van der Waals surface area contributed by atoms with E-state index in [1.54, 1.807) is 0 Å². The quantitative estimate of drug-likeness (QED) is 0.857. The number of rotatable bonds is 2. The number of nitrogens with two attached hydrogens (primary N) is 1. The van der Waals surface area contributed by atoms with E-state index in [9.17, 15) is 0 Å². The molecule has 0 radical (unpaired) electrons. The highest BCUT2D eigenvalue weighted by Gasteiger charge is 2.08. The predicted molar refractivity (Wildman–Crippen MR) is 66.5 cm³/mol. The summed E-state index contributed by atoms with van der Waals surface area (Å²) in [6, 6.07) is 9.60. The van der Waals surface area contributed by atoms with Gasteiger partial charge in [-0.3, -0.25) is 0 Å². The number of aryl methyl sites for hydroxylation is 1. The molecular weight excluding hydrogens is 222 g/mol. The van der Waals surface area contributed by atoms with E-state index in [1.165, 1.54) is 0 Å². The lowest BCUT2D eigenvalue weighted by Crippen LogP contribution is -2.02. The van der Waals surface area contributed by atoms with Crippen LogP contribution in [0.4, 0.5) is 0 Å². The van der Waals surface area contributed by atoms with Gasteiger partial charge in [0.15, 0.2) is 0 Å². The number of halogens is 1. The van der Waals surface area contributed by atoms with E-state index in [1.807, 2.05) is 44.2 Å². The molecule has 1 aromatic heterocycles. The number of hydrogen-bond donors (Lipinski definition) is 1. The molecule has 2 rings (SSSR count). The van der Waals surface area contributed by atoms with E-state index < -0.39 is 0 Å². The Kier molecular flexibility index (Phi) is 3.03. The average molecular weight is 236 g/mol. The summed E-state index contributed by atoms with van der Waals surface area (Å²) in [5, 5.41) is 0.747. The first-order chi connectivity index (χ1) is 7.58. The molecule has 0 amide bonds. The molecule has 0 fully saturated rings. The second-order valence-corrected chi connectivity index (χ2v) is 4.36. The fourth-order valence-electron chi connectivity index (χ4n) is 1.50. The lowest BCUT2D eigenvalue weighted by Gasteiger charge is -2.02. The maximum Gasteiger partial charge on any atom is 0.134 e. The largest absolute Gasteiger partial charge is 0.459 e. The summed E-state index contributed by atoms with van der Waals surface area (Å²) in [5.74, 6) is 1.58. The van der Waals surface area contributed by atoms with Crippen molar-refractivity contribution in [2.45, 2.75) is 19.9 Å². The minimum atomic E-state index is -0.0883. The molecule has 1 atom stereocenters. The highest BCUT2D eigenvalue weighted by atomic mass is 35.5. The highest BCUT2D eigenvalue weighted by molar-refractivity contribution is 6.31. The Morgan fingerprint density at radius 2 is 2.00 bits per heavy atom. The fraction of sp³-hybridized carbons (Fsp3) is 0.231. The second kappa shape index (κ2) is 4.32. The smallest absolute Gasteiger partial charge is 0.134 e. The first-order valence-corrected chi connectivity index (χ1v) is 5.57. The summed E-state index contributed by atoms with van der Waals surface area (Å²) in [7, 11) is 0. The fourth-order valence-corrected chi connectivity index (χ4v) is 1.68. The van der Waals surface area contributed by atoms with Crippen molar-refractivity contribution in [2.24, 2.45) is 5.73 Å². The van der Waals surface area contributed by atoms with Crippen LogP contribution in [0.5, 0.6) is 0 Å². The van der Waals surface area contributed by atoms with E-state index in [0.29, 0.717) is 0 Å².